The lowest BCUT2D eigenvalue weighted by atomic mass is 9.82. The van der Waals surface area contributed by atoms with Crippen molar-refractivity contribution in [2.24, 2.45) is 17.3 Å². The fourth-order valence-electron chi connectivity index (χ4n) is 8.16. The highest BCUT2D eigenvalue weighted by Gasteiger charge is 2.61. The third-order valence-corrected chi connectivity index (χ3v) is 11.4. The molecule has 1 saturated heterocycles. The molecular formula is C43H53N5O8. The number of pyridine rings is 1. The maximum atomic E-state index is 14.9. The Hall–Kier alpha value is -5.46. The van der Waals surface area contributed by atoms with Crippen molar-refractivity contribution in [2.45, 2.75) is 102 Å². The molecule has 1 aliphatic heterocycles. The van der Waals surface area contributed by atoms with Gasteiger partial charge in [-0.1, -0.05) is 76.4 Å². The zero-order valence-corrected chi connectivity index (χ0v) is 32.8. The summed E-state index contributed by atoms with van der Waals surface area (Å²) in [5.74, 6) is -2.59. The van der Waals surface area contributed by atoms with E-state index in [-0.39, 0.29) is 31.2 Å². The number of nitrogens with one attached hydrogen (secondary N) is 3. The Morgan fingerprint density at radius 1 is 1.02 bits per heavy atom. The minimum absolute atomic E-state index is 0.0251. The van der Waals surface area contributed by atoms with Crippen LogP contribution in [0.1, 0.15) is 72.6 Å². The van der Waals surface area contributed by atoms with Crippen LogP contribution in [0.25, 0.3) is 22.2 Å². The summed E-state index contributed by atoms with van der Waals surface area (Å²) in [6.45, 7) is 10.6. The molecule has 13 nitrogen and oxygen atoms in total. The molecule has 4 N–H and O–H groups in total. The first kappa shape index (κ1) is 40.2. The molecule has 2 aliphatic carbocycles. The fourth-order valence-corrected chi connectivity index (χ4v) is 8.16. The van der Waals surface area contributed by atoms with Crippen LogP contribution in [0.15, 0.2) is 67.3 Å². The van der Waals surface area contributed by atoms with Crippen molar-refractivity contribution in [3.05, 3.63) is 67.3 Å². The van der Waals surface area contributed by atoms with Crippen molar-refractivity contribution in [2.75, 3.05) is 13.7 Å². The number of carboxylic acids is 1. The molecule has 0 bridgehead atoms. The molecule has 13 heteroatoms. The lowest BCUT2D eigenvalue weighted by Crippen LogP contribution is -2.62. The summed E-state index contributed by atoms with van der Waals surface area (Å²) < 4.78 is 12.2. The first-order chi connectivity index (χ1) is 26.6. The number of carboxylic acid groups (broad SMARTS) is 1. The second-order valence-electron chi connectivity index (χ2n) is 16.4. The number of nitrogens with zero attached hydrogens (tertiary/aromatic N) is 2. The van der Waals surface area contributed by atoms with Gasteiger partial charge in [0.2, 0.25) is 23.6 Å². The molecule has 4 amide bonds. The Morgan fingerprint density at radius 2 is 1.73 bits per heavy atom. The maximum Gasteiger partial charge on any atom is 0.330 e. The minimum Gasteiger partial charge on any atom is -0.497 e. The maximum absolute atomic E-state index is 14.9. The van der Waals surface area contributed by atoms with Gasteiger partial charge in [-0.2, -0.15) is 0 Å². The summed E-state index contributed by atoms with van der Waals surface area (Å²) in [5, 5.41) is 19.4. The van der Waals surface area contributed by atoms with Gasteiger partial charge in [-0.15, -0.1) is 6.58 Å². The van der Waals surface area contributed by atoms with E-state index in [1.807, 2.05) is 69.3 Å². The predicted octanol–water partition coefficient (Wildman–Crippen LogP) is 5.02. The third kappa shape index (κ3) is 8.51. The number of hydrogen-bond donors (Lipinski definition) is 4. The Morgan fingerprint density at radius 3 is 2.34 bits per heavy atom. The highest BCUT2D eigenvalue weighted by atomic mass is 16.5. The van der Waals surface area contributed by atoms with Crippen LogP contribution in [-0.4, -0.2) is 88.0 Å². The van der Waals surface area contributed by atoms with Crippen LogP contribution < -0.4 is 25.4 Å². The Labute approximate surface area is 327 Å². The molecule has 6 rings (SSSR count). The second kappa shape index (κ2) is 16.3. The number of amides is 4. The number of aliphatic carboxylic acids is 1. The molecule has 0 radical (unpaired) electrons. The number of ether oxygens (including phenoxy) is 2. The fraction of sp³-hybridized carbons (Fsp3) is 0.488. The van der Waals surface area contributed by atoms with E-state index in [2.05, 4.69) is 22.5 Å². The van der Waals surface area contributed by atoms with Gasteiger partial charge in [0, 0.05) is 42.3 Å². The first-order valence-corrected chi connectivity index (χ1v) is 19.4. The van der Waals surface area contributed by atoms with E-state index in [1.54, 1.807) is 13.2 Å². The van der Waals surface area contributed by atoms with Crippen LogP contribution in [0, 0.1) is 17.3 Å². The van der Waals surface area contributed by atoms with Crippen LogP contribution in [0.4, 0.5) is 0 Å². The molecule has 3 aromatic rings. The molecule has 6 atom stereocenters. The van der Waals surface area contributed by atoms with E-state index in [0.29, 0.717) is 28.1 Å². The lowest BCUT2D eigenvalue weighted by Gasteiger charge is -2.37. The predicted molar refractivity (Wildman–Crippen MR) is 211 cm³/mol. The van der Waals surface area contributed by atoms with E-state index in [4.69, 9.17) is 14.5 Å². The number of hydrogen-bond acceptors (Lipinski definition) is 8. The van der Waals surface area contributed by atoms with Crippen molar-refractivity contribution < 1.29 is 38.6 Å². The number of rotatable bonds is 13. The molecule has 2 heterocycles. The minimum atomic E-state index is -1.53. The normalized spacial score (nSPS) is 23.4. The average molecular weight is 768 g/mol. The number of fused-ring (bicyclic) bond motifs is 1. The van der Waals surface area contributed by atoms with Gasteiger partial charge in [-0.3, -0.25) is 19.2 Å². The Balaban J connectivity index is 1.34. The smallest absolute Gasteiger partial charge is 0.330 e. The van der Waals surface area contributed by atoms with Crippen LogP contribution >= 0.6 is 0 Å². The summed E-state index contributed by atoms with van der Waals surface area (Å²) in [4.78, 5) is 74.1. The average Bonchev–Trinajstić information content (AvgIpc) is 3.74. The standard InChI is InChI=1S/C43H53N5O8/c1-7-28-23-43(28,41(53)54)47-38(50)34-21-30(56-35-22-32(26-14-10-8-11-15-26)45-33-20-29(55-6)18-19-31(33)35)24-48(34)40(52)37(42(3,4)5)46-39(51)36(44-25(2)49)27-16-12-9-13-17-27/h7-8,10-11,14-15,18-20,22,27-28,30,34,36-37H,1,9,12-13,16-17,21,23-24H2,2-6H3,(H,44,49)(H,46,51)(H,47,50)(H,53,54)/t28?,30-,34+,36?,37?,43?/m1/s1. The van der Waals surface area contributed by atoms with Crippen molar-refractivity contribution in [3.63, 3.8) is 0 Å². The van der Waals surface area contributed by atoms with Gasteiger partial charge >= 0.3 is 5.97 Å². The van der Waals surface area contributed by atoms with Crippen LogP contribution in [0.5, 0.6) is 11.5 Å². The molecule has 1 aromatic heterocycles. The van der Waals surface area contributed by atoms with Crippen molar-refractivity contribution >= 4 is 40.5 Å². The van der Waals surface area contributed by atoms with Crippen LogP contribution in [-0.2, 0) is 24.0 Å². The van der Waals surface area contributed by atoms with E-state index in [1.165, 1.54) is 17.9 Å². The number of aromatic nitrogens is 1. The molecular weight excluding hydrogens is 714 g/mol. The van der Waals surface area contributed by atoms with Gasteiger partial charge < -0.3 is 35.4 Å². The van der Waals surface area contributed by atoms with Gasteiger partial charge in [-0.05, 0) is 42.7 Å². The molecule has 298 valence electrons. The third-order valence-electron chi connectivity index (χ3n) is 11.4. The highest BCUT2D eigenvalue weighted by molar-refractivity contribution is 5.97. The monoisotopic (exact) mass is 767 g/mol. The Bertz CT molecular complexity index is 1990. The SMILES string of the molecule is C=CC1CC1(NC(=O)[C@@H]1C[C@@H](Oc2cc(-c3ccccc3)nc3cc(OC)ccc23)CN1C(=O)C(NC(=O)C(NC(C)=O)C1CCCCC1)C(C)(C)C)C(=O)O. The van der Waals surface area contributed by atoms with E-state index >= 15 is 0 Å². The number of carbonyl (C=O) groups excluding carboxylic acids is 4. The van der Waals surface area contributed by atoms with Crippen molar-refractivity contribution in [3.8, 4) is 22.8 Å². The van der Waals surface area contributed by atoms with Gasteiger partial charge in [-0.25, -0.2) is 9.78 Å². The molecule has 4 unspecified atom stereocenters. The summed E-state index contributed by atoms with van der Waals surface area (Å²) in [7, 11) is 1.57. The van der Waals surface area contributed by atoms with E-state index in [9.17, 15) is 29.1 Å². The van der Waals surface area contributed by atoms with Gasteiger partial charge in [0.25, 0.3) is 0 Å². The summed E-state index contributed by atoms with van der Waals surface area (Å²) in [6, 6.07) is 13.9. The number of likely N-dealkylation sites (tertiary alicyclic amines) is 1. The van der Waals surface area contributed by atoms with Gasteiger partial charge in [0.1, 0.15) is 41.3 Å². The first-order valence-electron chi connectivity index (χ1n) is 19.4. The number of methoxy groups -OCH3 is 1. The number of benzene rings is 2. The molecule has 3 aliphatic rings. The van der Waals surface area contributed by atoms with E-state index in [0.717, 1.165) is 37.7 Å². The van der Waals surface area contributed by atoms with Crippen LogP contribution in [0.3, 0.4) is 0 Å². The number of carbonyl (C=O) groups is 5. The summed E-state index contributed by atoms with van der Waals surface area (Å²) in [6.07, 6.45) is 5.54. The van der Waals surface area contributed by atoms with E-state index < -0.39 is 64.8 Å². The molecule has 0 spiro atoms. The largest absolute Gasteiger partial charge is 0.497 e. The van der Waals surface area contributed by atoms with Crippen LogP contribution in [0.2, 0.25) is 0 Å². The lowest BCUT2D eigenvalue weighted by molar-refractivity contribution is -0.147. The zero-order valence-electron chi connectivity index (χ0n) is 32.8. The summed E-state index contributed by atoms with van der Waals surface area (Å²) in [5.41, 5.74) is -0.220. The van der Waals surface area contributed by atoms with Gasteiger partial charge in [0.15, 0.2) is 0 Å². The quantitative estimate of drug-likeness (QED) is 0.174. The topological polar surface area (TPSA) is 176 Å². The summed E-state index contributed by atoms with van der Waals surface area (Å²) >= 11 is 0. The van der Waals surface area contributed by atoms with Gasteiger partial charge in [0.05, 0.1) is 24.9 Å². The Kier molecular flexibility index (Phi) is 11.7. The molecule has 56 heavy (non-hydrogen) atoms. The second-order valence-corrected chi connectivity index (χ2v) is 16.4. The van der Waals surface area contributed by atoms with Crippen molar-refractivity contribution in [1.82, 2.24) is 25.8 Å². The zero-order chi connectivity index (χ0) is 40.4. The molecule has 3 fully saturated rings. The molecule has 2 aromatic carbocycles. The van der Waals surface area contributed by atoms with Crippen molar-refractivity contribution in [1.29, 1.82) is 0 Å². The highest BCUT2D eigenvalue weighted by Crippen LogP contribution is 2.45. The molecule has 2 saturated carbocycles.